The molecule has 0 aromatic heterocycles. The highest BCUT2D eigenvalue weighted by molar-refractivity contribution is 5.79. The number of esters is 1. The van der Waals surface area contributed by atoms with Gasteiger partial charge >= 0.3 is 11.9 Å². The molecule has 1 rings (SSSR count). The third-order valence-electron chi connectivity index (χ3n) is 2.83. The van der Waals surface area contributed by atoms with Crippen molar-refractivity contribution in [2.45, 2.75) is 32.7 Å². The Labute approximate surface area is 110 Å². The Bertz CT molecular complexity index is 466. The number of halogens is 2. The maximum Gasteiger partial charge on any atom is 0.379 e. The number of ether oxygens (including phenoxy) is 1. The van der Waals surface area contributed by atoms with E-state index < -0.39 is 17.9 Å². The van der Waals surface area contributed by atoms with Gasteiger partial charge in [0.2, 0.25) is 0 Å². The lowest BCUT2D eigenvalue weighted by atomic mass is 9.92. The van der Waals surface area contributed by atoms with Crippen LogP contribution in [0, 0.1) is 13.8 Å². The summed E-state index contributed by atoms with van der Waals surface area (Å²) in [7, 11) is 0. The van der Waals surface area contributed by atoms with Crippen molar-refractivity contribution in [3.8, 4) is 5.75 Å². The average Bonchev–Trinajstić information content (AvgIpc) is 2.27. The number of aromatic hydroxyl groups is 1. The van der Waals surface area contributed by atoms with Crippen LogP contribution in [-0.4, -0.2) is 23.6 Å². The maximum atomic E-state index is 13.9. The van der Waals surface area contributed by atoms with Crippen LogP contribution in [0.2, 0.25) is 0 Å². The van der Waals surface area contributed by atoms with Gasteiger partial charge in [0, 0.05) is 0 Å². The number of phenols is 1. The number of hydrogen-bond acceptors (Lipinski definition) is 4. The zero-order valence-electron chi connectivity index (χ0n) is 11.0. The molecule has 0 bridgehead atoms. The molecule has 1 aromatic rings. The number of aryl methyl sites for hydroxylation is 2. The third-order valence-corrected chi connectivity index (χ3v) is 2.83. The Hall–Kier alpha value is -1.69. The summed E-state index contributed by atoms with van der Waals surface area (Å²) in [6, 6.07) is 0.833. The Morgan fingerprint density at radius 2 is 1.89 bits per heavy atom. The smallest absolute Gasteiger partial charge is 0.379 e. The summed E-state index contributed by atoms with van der Waals surface area (Å²) in [5.74, 6) is -5.50. The first-order chi connectivity index (χ1) is 8.71. The highest BCUT2D eigenvalue weighted by Gasteiger charge is 2.48. The van der Waals surface area contributed by atoms with E-state index in [0.29, 0.717) is 11.1 Å². The van der Waals surface area contributed by atoms with Crippen LogP contribution in [0.5, 0.6) is 5.75 Å². The van der Waals surface area contributed by atoms with Crippen molar-refractivity contribution in [3.05, 3.63) is 28.8 Å². The minimum Gasteiger partial charge on any atom is -0.508 e. The second-order valence-corrected chi connectivity index (χ2v) is 4.31. The lowest BCUT2D eigenvalue weighted by Crippen LogP contribution is -2.42. The van der Waals surface area contributed by atoms with Crippen molar-refractivity contribution < 1.29 is 23.4 Å². The van der Waals surface area contributed by atoms with Gasteiger partial charge in [-0.25, -0.2) is 4.79 Å². The zero-order valence-corrected chi connectivity index (χ0v) is 11.0. The summed E-state index contributed by atoms with van der Waals surface area (Å²) in [5.41, 5.74) is 6.45. The van der Waals surface area contributed by atoms with E-state index in [-0.39, 0.29) is 17.9 Å². The topological polar surface area (TPSA) is 72.5 Å². The van der Waals surface area contributed by atoms with Crippen LogP contribution in [0.4, 0.5) is 8.78 Å². The van der Waals surface area contributed by atoms with E-state index in [9.17, 15) is 18.7 Å². The van der Waals surface area contributed by atoms with Crippen LogP contribution < -0.4 is 5.73 Å². The molecule has 6 heteroatoms. The summed E-state index contributed by atoms with van der Waals surface area (Å²) in [6.07, 6.45) is 0. The van der Waals surface area contributed by atoms with Crippen molar-refractivity contribution in [2.75, 3.05) is 6.61 Å². The summed E-state index contributed by atoms with van der Waals surface area (Å²) >= 11 is 0. The largest absolute Gasteiger partial charge is 0.508 e. The molecule has 0 unspecified atom stereocenters. The number of benzene rings is 1. The number of hydrogen-bond donors (Lipinski definition) is 2. The molecule has 0 amide bonds. The zero-order chi connectivity index (χ0) is 14.8. The first-order valence-electron chi connectivity index (χ1n) is 5.82. The lowest BCUT2D eigenvalue weighted by Gasteiger charge is -2.24. The first kappa shape index (κ1) is 15.4. The van der Waals surface area contributed by atoms with E-state index in [0.717, 1.165) is 0 Å². The predicted octanol–water partition coefficient (Wildman–Crippen LogP) is 2.21. The SMILES string of the molecule is CCOC(=O)C(F)(F)[C@@H](N)c1c(C)cc(O)cc1C. The van der Waals surface area contributed by atoms with Gasteiger partial charge < -0.3 is 15.6 Å². The highest BCUT2D eigenvalue weighted by Crippen LogP contribution is 2.35. The molecule has 0 heterocycles. The van der Waals surface area contributed by atoms with Gasteiger partial charge in [0.25, 0.3) is 0 Å². The van der Waals surface area contributed by atoms with Crippen LogP contribution in [0.15, 0.2) is 12.1 Å². The summed E-state index contributed by atoms with van der Waals surface area (Å²) in [6.45, 7) is 4.39. The average molecular weight is 273 g/mol. The van der Waals surface area contributed by atoms with E-state index in [1.807, 2.05) is 0 Å². The molecule has 106 valence electrons. The van der Waals surface area contributed by atoms with Crippen molar-refractivity contribution in [1.82, 2.24) is 0 Å². The van der Waals surface area contributed by atoms with Gasteiger partial charge in [-0.2, -0.15) is 8.78 Å². The molecule has 3 N–H and O–H groups in total. The van der Waals surface area contributed by atoms with Gasteiger partial charge in [-0.3, -0.25) is 0 Å². The molecule has 4 nitrogen and oxygen atoms in total. The Morgan fingerprint density at radius 3 is 2.32 bits per heavy atom. The number of nitrogens with two attached hydrogens (primary N) is 1. The van der Waals surface area contributed by atoms with E-state index in [2.05, 4.69) is 4.74 Å². The standard InChI is InChI=1S/C13H17F2NO3/c1-4-19-12(18)13(14,15)11(16)10-7(2)5-9(17)6-8(10)3/h5-6,11,17H,4,16H2,1-3H3/t11-/m0/s1. The van der Waals surface area contributed by atoms with Gasteiger partial charge in [-0.15, -0.1) is 0 Å². The fourth-order valence-corrected chi connectivity index (χ4v) is 1.98. The summed E-state index contributed by atoms with van der Waals surface area (Å²) in [4.78, 5) is 11.3. The second-order valence-electron chi connectivity index (χ2n) is 4.31. The van der Waals surface area contributed by atoms with Crippen molar-refractivity contribution in [3.63, 3.8) is 0 Å². The minimum atomic E-state index is -3.82. The summed E-state index contributed by atoms with van der Waals surface area (Å²) < 4.78 is 32.1. The molecule has 19 heavy (non-hydrogen) atoms. The minimum absolute atomic E-state index is 0.0367. The maximum absolute atomic E-state index is 13.9. The van der Waals surface area contributed by atoms with Crippen molar-refractivity contribution in [1.29, 1.82) is 0 Å². The molecule has 0 fully saturated rings. The van der Waals surface area contributed by atoms with Crippen LogP contribution in [-0.2, 0) is 9.53 Å². The van der Waals surface area contributed by atoms with E-state index in [1.54, 1.807) is 13.8 Å². The Balaban J connectivity index is 3.19. The second kappa shape index (κ2) is 5.52. The molecule has 0 radical (unpaired) electrons. The fraction of sp³-hybridized carbons (Fsp3) is 0.462. The number of alkyl halides is 2. The van der Waals surface area contributed by atoms with Crippen LogP contribution >= 0.6 is 0 Å². The van der Waals surface area contributed by atoms with Gasteiger partial charge in [0.15, 0.2) is 0 Å². The van der Waals surface area contributed by atoms with Crippen molar-refractivity contribution >= 4 is 5.97 Å². The molecule has 0 aliphatic carbocycles. The van der Waals surface area contributed by atoms with Gasteiger partial charge in [-0.1, -0.05) is 0 Å². The molecule has 0 aliphatic rings. The number of phenolic OH excluding ortho intramolecular Hbond substituents is 1. The van der Waals surface area contributed by atoms with E-state index in [4.69, 9.17) is 5.73 Å². The third kappa shape index (κ3) is 3.01. The van der Waals surface area contributed by atoms with Crippen molar-refractivity contribution in [2.24, 2.45) is 5.73 Å². The fourth-order valence-electron chi connectivity index (χ4n) is 1.98. The molecular formula is C13H17F2NO3. The van der Waals surface area contributed by atoms with E-state index in [1.165, 1.54) is 19.1 Å². The molecule has 0 spiro atoms. The Morgan fingerprint density at radius 1 is 1.42 bits per heavy atom. The monoisotopic (exact) mass is 273 g/mol. The quantitative estimate of drug-likeness (QED) is 0.825. The van der Waals surface area contributed by atoms with Crippen LogP contribution in [0.25, 0.3) is 0 Å². The first-order valence-corrected chi connectivity index (χ1v) is 5.82. The van der Waals surface area contributed by atoms with E-state index >= 15 is 0 Å². The molecule has 1 aromatic carbocycles. The molecule has 0 saturated heterocycles. The highest BCUT2D eigenvalue weighted by atomic mass is 19.3. The number of carbonyl (C=O) groups excluding carboxylic acids is 1. The molecule has 0 saturated carbocycles. The van der Waals surface area contributed by atoms with Gasteiger partial charge in [-0.05, 0) is 49.6 Å². The van der Waals surface area contributed by atoms with Gasteiger partial charge in [0.05, 0.1) is 6.61 Å². The Kier molecular flexibility index (Phi) is 4.47. The van der Waals surface area contributed by atoms with Gasteiger partial charge in [0.1, 0.15) is 11.8 Å². The summed E-state index contributed by atoms with van der Waals surface area (Å²) in [5, 5.41) is 9.38. The van der Waals surface area contributed by atoms with Crippen LogP contribution in [0.1, 0.15) is 29.7 Å². The molecular weight excluding hydrogens is 256 g/mol. The normalized spacial score (nSPS) is 13.2. The number of carbonyl (C=O) groups is 1. The molecule has 0 aliphatic heterocycles. The number of rotatable bonds is 4. The van der Waals surface area contributed by atoms with Crippen LogP contribution in [0.3, 0.4) is 0 Å². The predicted molar refractivity (Wildman–Crippen MR) is 66.1 cm³/mol. The molecule has 1 atom stereocenters. The lowest BCUT2D eigenvalue weighted by molar-refractivity contribution is -0.174.